The van der Waals surface area contributed by atoms with E-state index in [0.717, 1.165) is 41.9 Å². The van der Waals surface area contributed by atoms with Gasteiger partial charge in [-0.2, -0.15) is 0 Å². The van der Waals surface area contributed by atoms with E-state index < -0.39 is 0 Å². The maximum absolute atomic E-state index is 14.1. The van der Waals surface area contributed by atoms with Gasteiger partial charge in [-0.1, -0.05) is 22.9 Å². The summed E-state index contributed by atoms with van der Waals surface area (Å²) in [6.07, 6.45) is 1.34. The highest BCUT2D eigenvalue weighted by molar-refractivity contribution is 9.10. The highest BCUT2D eigenvalue weighted by Crippen LogP contribution is 2.30. The number of aromatic nitrogens is 2. The van der Waals surface area contributed by atoms with Gasteiger partial charge in [-0.3, -0.25) is 19.0 Å². The Morgan fingerprint density at radius 2 is 1.85 bits per heavy atom. The molecule has 0 saturated carbocycles. The van der Waals surface area contributed by atoms with Crippen LogP contribution in [0, 0.1) is 6.92 Å². The van der Waals surface area contributed by atoms with Crippen molar-refractivity contribution < 1.29 is 9.59 Å². The third kappa shape index (κ3) is 5.17. The van der Waals surface area contributed by atoms with E-state index >= 15 is 0 Å². The average Bonchev–Trinajstić information content (AvgIpc) is 3.43. The van der Waals surface area contributed by atoms with Crippen LogP contribution in [0.4, 0.5) is 0 Å². The maximum atomic E-state index is 14.1. The van der Waals surface area contributed by atoms with E-state index in [1.54, 1.807) is 23.7 Å². The molecule has 0 radical (unpaired) electrons. The minimum atomic E-state index is -0.174. The molecule has 0 bridgehead atoms. The highest BCUT2D eigenvalue weighted by Gasteiger charge is 2.34. The standard InChI is InChI=1S/C30H34BrN5O3/c1-5-34-13-12-22(16-34)27-33-26-17-35(29(38)21-8-11-25(31)18(2)14-21)19(3)15-24(26)30(39)36(27)23-9-6-20(7-10-23)28(37)32-4/h6-11,14,19,22H,5,12-13,15-17H2,1-4H3,(H,32,37)/t19-,22?/m1/s1. The number of hydrogen-bond donors (Lipinski definition) is 1. The van der Waals surface area contributed by atoms with Gasteiger partial charge in [0.1, 0.15) is 5.82 Å². The summed E-state index contributed by atoms with van der Waals surface area (Å²) in [4.78, 5) is 49.1. The van der Waals surface area contributed by atoms with Crippen molar-refractivity contribution in [1.29, 1.82) is 0 Å². The first kappa shape index (κ1) is 27.3. The molecule has 1 aromatic heterocycles. The Bertz CT molecular complexity index is 1480. The first-order chi connectivity index (χ1) is 18.7. The second-order valence-electron chi connectivity index (χ2n) is 10.5. The summed E-state index contributed by atoms with van der Waals surface area (Å²) in [5, 5.41) is 2.64. The molecule has 3 aromatic rings. The summed E-state index contributed by atoms with van der Waals surface area (Å²) in [7, 11) is 1.60. The normalized spacial score (nSPS) is 19.2. The quantitative estimate of drug-likeness (QED) is 0.483. The number of benzene rings is 2. The lowest BCUT2D eigenvalue weighted by Crippen LogP contribution is -2.46. The SMILES string of the molecule is CCN1CCC(c2nc3c(c(=O)n2-c2ccc(C(=O)NC)cc2)C[C@@H](C)N(C(=O)c2ccc(Br)c(C)c2)C3)C1. The fourth-order valence-corrected chi connectivity index (χ4v) is 5.90. The summed E-state index contributed by atoms with van der Waals surface area (Å²) < 4.78 is 2.70. The zero-order valence-corrected chi connectivity index (χ0v) is 24.4. The molecule has 39 heavy (non-hydrogen) atoms. The molecule has 8 nitrogen and oxygen atoms in total. The summed E-state index contributed by atoms with van der Waals surface area (Å²) >= 11 is 3.51. The second-order valence-corrected chi connectivity index (χ2v) is 11.3. The Labute approximate surface area is 237 Å². The monoisotopic (exact) mass is 591 g/mol. The number of nitrogens with zero attached hydrogens (tertiary/aromatic N) is 4. The largest absolute Gasteiger partial charge is 0.355 e. The lowest BCUT2D eigenvalue weighted by Gasteiger charge is -2.35. The molecular weight excluding hydrogens is 558 g/mol. The lowest BCUT2D eigenvalue weighted by molar-refractivity contribution is 0.0652. The van der Waals surface area contributed by atoms with E-state index in [4.69, 9.17) is 4.98 Å². The number of halogens is 1. The van der Waals surface area contributed by atoms with Crippen molar-refractivity contribution in [3.8, 4) is 5.69 Å². The number of aryl methyl sites for hydroxylation is 1. The van der Waals surface area contributed by atoms with E-state index in [0.29, 0.717) is 41.0 Å². The van der Waals surface area contributed by atoms with Gasteiger partial charge >= 0.3 is 0 Å². The van der Waals surface area contributed by atoms with Gasteiger partial charge in [0.25, 0.3) is 17.4 Å². The van der Waals surface area contributed by atoms with Crippen LogP contribution in [-0.2, 0) is 13.0 Å². The van der Waals surface area contributed by atoms with Crippen molar-refractivity contribution in [3.05, 3.63) is 91.1 Å². The van der Waals surface area contributed by atoms with Crippen molar-refractivity contribution in [2.45, 2.75) is 52.1 Å². The van der Waals surface area contributed by atoms with Crippen molar-refractivity contribution >= 4 is 27.7 Å². The number of hydrogen-bond acceptors (Lipinski definition) is 5. The minimum absolute atomic E-state index is 0.0564. The molecule has 0 spiro atoms. The van der Waals surface area contributed by atoms with Gasteiger partial charge < -0.3 is 15.1 Å². The Morgan fingerprint density at radius 1 is 1.13 bits per heavy atom. The first-order valence-electron chi connectivity index (χ1n) is 13.5. The smallest absolute Gasteiger partial charge is 0.261 e. The van der Waals surface area contributed by atoms with Crippen LogP contribution >= 0.6 is 15.9 Å². The summed E-state index contributed by atoms with van der Waals surface area (Å²) in [6.45, 7) is 9.12. The van der Waals surface area contributed by atoms with E-state index in [1.165, 1.54) is 0 Å². The number of amides is 2. The minimum Gasteiger partial charge on any atom is -0.355 e. The van der Waals surface area contributed by atoms with Gasteiger partial charge in [-0.15, -0.1) is 0 Å². The number of likely N-dealkylation sites (N-methyl/N-ethyl adjacent to an activating group) is 1. The fourth-order valence-electron chi connectivity index (χ4n) is 5.65. The predicted molar refractivity (Wildman–Crippen MR) is 155 cm³/mol. The molecule has 204 valence electrons. The number of fused-ring (bicyclic) bond motifs is 1. The molecule has 2 atom stereocenters. The Morgan fingerprint density at radius 3 is 2.49 bits per heavy atom. The number of carbonyl (C=O) groups excluding carboxylic acids is 2. The van der Waals surface area contributed by atoms with Gasteiger partial charge in [-0.25, -0.2) is 4.98 Å². The van der Waals surface area contributed by atoms with E-state index in [-0.39, 0.29) is 29.3 Å². The molecule has 0 aliphatic carbocycles. The third-order valence-electron chi connectivity index (χ3n) is 8.01. The number of rotatable bonds is 5. The third-order valence-corrected chi connectivity index (χ3v) is 8.89. The Hall–Kier alpha value is -3.30. The predicted octanol–water partition coefficient (Wildman–Crippen LogP) is 4.06. The van der Waals surface area contributed by atoms with Gasteiger partial charge in [0.05, 0.1) is 17.9 Å². The van der Waals surface area contributed by atoms with Crippen molar-refractivity contribution in [1.82, 2.24) is 24.7 Å². The Kier molecular flexibility index (Phi) is 7.73. The van der Waals surface area contributed by atoms with Gasteiger partial charge in [0.2, 0.25) is 0 Å². The van der Waals surface area contributed by atoms with Crippen molar-refractivity contribution in [3.63, 3.8) is 0 Å². The van der Waals surface area contributed by atoms with Crippen LogP contribution in [0.5, 0.6) is 0 Å². The van der Waals surface area contributed by atoms with Crippen LogP contribution in [0.2, 0.25) is 0 Å². The summed E-state index contributed by atoms with van der Waals surface area (Å²) in [5.41, 5.74) is 4.11. The van der Waals surface area contributed by atoms with E-state index in [2.05, 4.69) is 33.1 Å². The van der Waals surface area contributed by atoms with Gasteiger partial charge in [-0.05, 0) is 87.8 Å². The van der Waals surface area contributed by atoms with Gasteiger partial charge in [0.15, 0.2) is 0 Å². The first-order valence-corrected chi connectivity index (χ1v) is 14.3. The van der Waals surface area contributed by atoms with Crippen LogP contribution in [0.1, 0.15) is 69.5 Å². The maximum Gasteiger partial charge on any atom is 0.261 e. The van der Waals surface area contributed by atoms with E-state index in [9.17, 15) is 14.4 Å². The molecule has 1 N–H and O–H groups in total. The molecule has 9 heteroatoms. The summed E-state index contributed by atoms with van der Waals surface area (Å²) in [6, 6.07) is 12.6. The molecule has 1 saturated heterocycles. The molecule has 2 amide bonds. The van der Waals surface area contributed by atoms with Crippen molar-refractivity contribution in [2.75, 3.05) is 26.7 Å². The number of nitrogens with one attached hydrogen (secondary N) is 1. The van der Waals surface area contributed by atoms with Crippen LogP contribution in [0.25, 0.3) is 5.69 Å². The Balaban J connectivity index is 1.57. The number of carbonyl (C=O) groups is 2. The molecule has 1 unspecified atom stereocenters. The molecule has 2 aliphatic rings. The topological polar surface area (TPSA) is 87.5 Å². The molecular formula is C30H34BrN5O3. The molecule has 3 heterocycles. The molecule has 2 aromatic carbocycles. The van der Waals surface area contributed by atoms with Crippen LogP contribution in [0.15, 0.2) is 51.7 Å². The lowest BCUT2D eigenvalue weighted by atomic mass is 9.97. The van der Waals surface area contributed by atoms with Crippen LogP contribution in [0.3, 0.4) is 0 Å². The number of likely N-dealkylation sites (tertiary alicyclic amines) is 1. The van der Waals surface area contributed by atoms with Crippen LogP contribution < -0.4 is 10.9 Å². The zero-order chi connectivity index (χ0) is 27.8. The molecule has 2 aliphatic heterocycles. The fraction of sp³-hybridized carbons (Fsp3) is 0.400. The van der Waals surface area contributed by atoms with Crippen LogP contribution in [-0.4, -0.2) is 63.9 Å². The average molecular weight is 593 g/mol. The molecule has 5 rings (SSSR count). The second kappa shape index (κ2) is 11.1. The summed E-state index contributed by atoms with van der Waals surface area (Å²) in [5.74, 6) is 0.591. The van der Waals surface area contributed by atoms with Gasteiger partial charge in [0, 0.05) is 46.7 Å². The highest BCUT2D eigenvalue weighted by atomic mass is 79.9. The van der Waals surface area contributed by atoms with Crippen molar-refractivity contribution in [2.24, 2.45) is 0 Å². The van der Waals surface area contributed by atoms with E-state index in [1.807, 2.05) is 49.1 Å². The molecule has 1 fully saturated rings. The zero-order valence-electron chi connectivity index (χ0n) is 22.8.